The Hall–Kier alpha value is -1.46. The summed E-state index contributed by atoms with van der Waals surface area (Å²) in [6, 6.07) is 7.91. The van der Waals surface area contributed by atoms with Gasteiger partial charge in [0.05, 0.1) is 20.3 Å². The molecule has 1 aromatic rings. The number of aliphatic imine (C=N–C) groups is 1. The summed E-state index contributed by atoms with van der Waals surface area (Å²) in [6.45, 7) is 1.32. The third-order valence-corrected chi connectivity index (χ3v) is 3.69. The van der Waals surface area contributed by atoms with Gasteiger partial charge < -0.3 is 15.2 Å². The fraction of sp³-hybridized carbons (Fsp3) is 0.357. The fourth-order valence-electron chi connectivity index (χ4n) is 1.65. The Bertz CT molecular complexity index is 469. The maximum atomic E-state index is 5.65. The van der Waals surface area contributed by atoms with Crippen molar-refractivity contribution in [2.45, 2.75) is 13.0 Å². The average molecular weight is 278 g/mol. The lowest BCUT2D eigenvalue weighted by Crippen LogP contribution is -2.11. The molecule has 0 spiro atoms. The molecule has 0 aromatic heterocycles. The number of rotatable bonds is 6. The molecule has 0 aliphatic carbocycles. The zero-order valence-electron chi connectivity index (χ0n) is 11.0. The number of hydrogen-bond donors (Lipinski definition) is 1. The summed E-state index contributed by atoms with van der Waals surface area (Å²) in [5.74, 6) is 1.78. The van der Waals surface area contributed by atoms with Crippen LogP contribution in [0.1, 0.15) is 12.0 Å². The summed E-state index contributed by atoms with van der Waals surface area (Å²) in [5.41, 5.74) is 8.00. The van der Waals surface area contributed by atoms with Crippen LogP contribution in [0.3, 0.4) is 0 Å². The van der Waals surface area contributed by atoms with E-state index in [1.54, 1.807) is 18.9 Å². The number of nitrogens with zero attached hydrogens (tertiary/aromatic N) is 1. The van der Waals surface area contributed by atoms with Crippen LogP contribution in [0.15, 0.2) is 41.0 Å². The molecular weight excluding hydrogens is 260 g/mol. The molecule has 4 nitrogen and oxygen atoms in total. The van der Waals surface area contributed by atoms with Crippen molar-refractivity contribution < 1.29 is 9.47 Å². The Morgan fingerprint density at radius 1 is 1.32 bits per heavy atom. The smallest absolute Gasteiger partial charge is 0.158 e. The summed E-state index contributed by atoms with van der Waals surface area (Å²) < 4.78 is 10.8. The van der Waals surface area contributed by atoms with Gasteiger partial charge in [0.2, 0.25) is 0 Å². The summed E-state index contributed by atoms with van der Waals surface area (Å²) in [7, 11) is 1.66. The van der Waals surface area contributed by atoms with Crippen molar-refractivity contribution in [3.63, 3.8) is 0 Å². The second-order valence-electron chi connectivity index (χ2n) is 4.19. The van der Waals surface area contributed by atoms with E-state index in [1.165, 1.54) is 5.57 Å². The Labute approximate surface area is 117 Å². The van der Waals surface area contributed by atoms with Crippen LogP contribution in [0.2, 0.25) is 0 Å². The molecule has 1 aliphatic rings. The van der Waals surface area contributed by atoms with E-state index in [1.807, 2.05) is 30.5 Å². The monoisotopic (exact) mass is 278 g/mol. The first kappa shape index (κ1) is 14.0. The minimum atomic E-state index is 0.621. The molecule has 0 bridgehead atoms. The first-order chi connectivity index (χ1) is 9.28. The Morgan fingerprint density at radius 2 is 2.11 bits per heavy atom. The largest absolute Gasteiger partial charge is 0.497 e. The lowest BCUT2D eigenvalue weighted by molar-refractivity contribution is 0.124. The standard InChI is InChI=1S/C14H18N2O2S/c1-17-13-4-2-11(3-5-13)9-18-7-6-12-8-16-14(15)19-10-12/h2-5,8H,6-7,9-10H2,1H3,(H2,15,16). The van der Waals surface area contributed by atoms with Gasteiger partial charge >= 0.3 is 0 Å². The van der Waals surface area contributed by atoms with Gasteiger partial charge in [-0.15, -0.1) is 0 Å². The number of amidine groups is 1. The van der Waals surface area contributed by atoms with Gasteiger partial charge in [0.25, 0.3) is 0 Å². The highest BCUT2D eigenvalue weighted by Gasteiger charge is 2.05. The minimum Gasteiger partial charge on any atom is -0.497 e. The molecule has 0 radical (unpaired) electrons. The summed E-state index contributed by atoms with van der Waals surface area (Å²) in [4.78, 5) is 4.09. The van der Waals surface area contributed by atoms with E-state index in [2.05, 4.69) is 4.99 Å². The second-order valence-corrected chi connectivity index (χ2v) is 5.19. The van der Waals surface area contributed by atoms with Gasteiger partial charge in [-0.1, -0.05) is 23.9 Å². The van der Waals surface area contributed by atoms with E-state index in [-0.39, 0.29) is 0 Å². The van der Waals surface area contributed by atoms with Gasteiger partial charge in [-0.25, -0.2) is 4.99 Å². The number of hydrogen-bond acceptors (Lipinski definition) is 5. The lowest BCUT2D eigenvalue weighted by Gasteiger charge is -2.11. The highest BCUT2D eigenvalue weighted by Crippen LogP contribution is 2.17. The molecule has 1 aliphatic heterocycles. The van der Waals surface area contributed by atoms with Gasteiger partial charge in [-0.05, 0) is 29.7 Å². The van der Waals surface area contributed by atoms with Crippen molar-refractivity contribution in [3.8, 4) is 5.75 Å². The van der Waals surface area contributed by atoms with Crippen molar-refractivity contribution in [3.05, 3.63) is 41.6 Å². The molecule has 1 heterocycles. The van der Waals surface area contributed by atoms with E-state index in [0.29, 0.717) is 18.4 Å². The van der Waals surface area contributed by atoms with E-state index < -0.39 is 0 Å². The van der Waals surface area contributed by atoms with Crippen LogP contribution in [-0.2, 0) is 11.3 Å². The highest BCUT2D eigenvalue weighted by atomic mass is 32.2. The van der Waals surface area contributed by atoms with Gasteiger partial charge in [0, 0.05) is 12.0 Å². The number of ether oxygens (including phenoxy) is 2. The van der Waals surface area contributed by atoms with E-state index in [4.69, 9.17) is 15.2 Å². The van der Waals surface area contributed by atoms with Crippen molar-refractivity contribution in [1.82, 2.24) is 0 Å². The summed E-state index contributed by atoms with van der Waals surface area (Å²) in [5, 5.41) is 0.642. The van der Waals surface area contributed by atoms with Crippen LogP contribution in [0.25, 0.3) is 0 Å². The summed E-state index contributed by atoms with van der Waals surface area (Å²) >= 11 is 1.57. The van der Waals surface area contributed by atoms with Gasteiger partial charge in [0.1, 0.15) is 5.75 Å². The van der Waals surface area contributed by atoms with E-state index in [0.717, 1.165) is 23.5 Å². The number of benzene rings is 1. The van der Waals surface area contributed by atoms with Crippen LogP contribution < -0.4 is 10.5 Å². The average Bonchev–Trinajstić information content (AvgIpc) is 2.46. The van der Waals surface area contributed by atoms with Crippen molar-refractivity contribution in [2.24, 2.45) is 10.7 Å². The second kappa shape index (κ2) is 7.21. The molecule has 0 amide bonds. The van der Waals surface area contributed by atoms with Crippen LogP contribution in [0.4, 0.5) is 0 Å². The molecule has 2 rings (SSSR count). The van der Waals surface area contributed by atoms with Gasteiger partial charge in [-0.2, -0.15) is 0 Å². The minimum absolute atomic E-state index is 0.621. The number of nitrogens with two attached hydrogens (primary N) is 1. The molecule has 102 valence electrons. The third kappa shape index (κ3) is 4.61. The van der Waals surface area contributed by atoms with E-state index in [9.17, 15) is 0 Å². The molecule has 0 fully saturated rings. The zero-order valence-corrected chi connectivity index (χ0v) is 11.8. The zero-order chi connectivity index (χ0) is 13.5. The topological polar surface area (TPSA) is 56.8 Å². The maximum absolute atomic E-state index is 5.65. The molecule has 0 saturated heterocycles. The van der Waals surface area contributed by atoms with Crippen molar-refractivity contribution in [1.29, 1.82) is 0 Å². The quantitative estimate of drug-likeness (QED) is 0.812. The molecule has 0 atom stereocenters. The highest BCUT2D eigenvalue weighted by molar-refractivity contribution is 8.14. The van der Waals surface area contributed by atoms with Crippen LogP contribution in [0.5, 0.6) is 5.75 Å². The molecule has 1 aromatic carbocycles. The molecule has 2 N–H and O–H groups in total. The number of methoxy groups -OCH3 is 1. The van der Waals surface area contributed by atoms with Crippen LogP contribution in [0, 0.1) is 0 Å². The molecule has 19 heavy (non-hydrogen) atoms. The Kier molecular flexibility index (Phi) is 5.30. The van der Waals surface area contributed by atoms with Gasteiger partial charge in [0.15, 0.2) is 5.17 Å². The fourth-order valence-corrected chi connectivity index (χ4v) is 2.33. The number of thioether (sulfide) groups is 1. The first-order valence-corrected chi connectivity index (χ1v) is 7.11. The van der Waals surface area contributed by atoms with Crippen molar-refractivity contribution in [2.75, 3.05) is 19.5 Å². The molecule has 5 heteroatoms. The van der Waals surface area contributed by atoms with Crippen molar-refractivity contribution >= 4 is 16.9 Å². The first-order valence-electron chi connectivity index (χ1n) is 6.12. The molecule has 0 saturated carbocycles. The predicted molar refractivity (Wildman–Crippen MR) is 79.4 cm³/mol. The Morgan fingerprint density at radius 3 is 2.74 bits per heavy atom. The molecule has 0 unspecified atom stereocenters. The maximum Gasteiger partial charge on any atom is 0.158 e. The molecular formula is C14H18N2O2S. The third-order valence-electron chi connectivity index (χ3n) is 2.78. The normalized spacial score (nSPS) is 14.8. The van der Waals surface area contributed by atoms with Crippen LogP contribution in [-0.4, -0.2) is 24.6 Å². The van der Waals surface area contributed by atoms with E-state index >= 15 is 0 Å². The lowest BCUT2D eigenvalue weighted by atomic mass is 10.2. The van der Waals surface area contributed by atoms with Crippen LogP contribution >= 0.6 is 11.8 Å². The Balaban J connectivity index is 1.69. The SMILES string of the molecule is COc1ccc(COCCC2=CN=C(N)SC2)cc1. The van der Waals surface area contributed by atoms with Gasteiger partial charge in [-0.3, -0.25) is 0 Å². The summed E-state index contributed by atoms with van der Waals surface area (Å²) in [6.07, 6.45) is 2.75. The predicted octanol–water partition coefficient (Wildman–Crippen LogP) is 2.55.